The van der Waals surface area contributed by atoms with Gasteiger partial charge in [-0.25, -0.2) is 13.2 Å². The third-order valence-electron chi connectivity index (χ3n) is 3.98. The van der Waals surface area contributed by atoms with Crippen LogP contribution in [0.3, 0.4) is 0 Å². The van der Waals surface area contributed by atoms with Gasteiger partial charge in [-0.3, -0.25) is 4.84 Å². The Hall–Kier alpha value is -1.40. The van der Waals surface area contributed by atoms with Crippen LogP contribution in [-0.4, -0.2) is 56.3 Å². The van der Waals surface area contributed by atoms with E-state index in [0.717, 1.165) is 32.5 Å². The number of sulfonamides is 1. The lowest BCUT2D eigenvalue weighted by atomic mass is 10.1. The Morgan fingerprint density at radius 3 is 2.57 bits per heavy atom. The second-order valence-corrected chi connectivity index (χ2v) is 8.05. The third-order valence-corrected chi connectivity index (χ3v) is 5.73. The van der Waals surface area contributed by atoms with E-state index in [4.69, 9.17) is 26.3 Å². The van der Waals surface area contributed by atoms with E-state index in [9.17, 15) is 21.6 Å². The number of aliphatic carboxylic acids is 1. The lowest BCUT2D eigenvalue weighted by Crippen LogP contribution is -2.42. The average molecular weight is 447 g/mol. The molecule has 1 aromatic rings. The summed E-state index contributed by atoms with van der Waals surface area (Å²) in [5.41, 5.74) is 0.522. The minimum Gasteiger partial charge on any atom is -0.475 e. The van der Waals surface area contributed by atoms with Gasteiger partial charge in [-0.05, 0) is 50.6 Å². The summed E-state index contributed by atoms with van der Waals surface area (Å²) in [5, 5.41) is 7.55. The fraction of sp³-hybridized carbons (Fsp3) is 0.562. The summed E-state index contributed by atoms with van der Waals surface area (Å²) >= 11 is 5.97. The molecule has 0 spiro atoms. The maximum Gasteiger partial charge on any atom is 0.490 e. The van der Waals surface area contributed by atoms with Gasteiger partial charge < -0.3 is 10.0 Å². The number of halogens is 4. The third kappa shape index (κ3) is 7.55. The summed E-state index contributed by atoms with van der Waals surface area (Å²) in [7, 11) is -3.71. The standard InChI is InChI=1S/C14H21ClN2O3S.C2HF3O2/c1-3-17-9-5-6-12(10-17)20-16-21(18,19)14-8-4-7-13(15)11(14)2;3-2(4,5)1(6)7/h4,7-8,12,16H,3,5-6,9-10H2,1-2H3;(H,6,7). The highest BCUT2D eigenvalue weighted by Gasteiger charge is 2.38. The Balaban J connectivity index is 0.000000480. The molecule has 1 aliphatic rings. The number of carboxylic acids is 1. The molecule has 12 heteroatoms. The summed E-state index contributed by atoms with van der Waals surface area (Å²) in [6.07, 6.45) is -3.34. The number of rotatable bonds is 5. The molecule has 1 aliphatic heterocycles. The molecule has 0 aromatic heterocycles. The first-order valence-electron chi connectivity index (χ1n) is 8.33. The molecule has 1 saturated heterocycles. The maximum atomic E-state index is 12.3. The molecule has 1 atom stereocenters. The van der Waals surface area contributed by atoms with E-state index in [1.807, 2.05) is 0 Å². The fourth-order valence-corrected chi connectivity index (χ4v) is 3.81. The highest BCUT2D eigenvalue weighted by atomic mass is 35.5. The van der Waals surface area contributed by atoms with Crippen molar-refractivity contribution in [3.05, 3.63) is 28.8 Å². The zero-order valence-corrected chi connectivity index (χ0v) is 16.9. The molecule has 160 valence electrons. The largest absolute Gasteiger partial charge is 0.490 e. The van der Waals surface area contributed by atoms with Crippen molar-refractivity contribution in [1.29, 1.82) is 0 Å². The number of likely N-dealkylation sites (tertiary alicyclic amines) is 1. The molecule has 0 bridgehead atoms. The van der Waals surface area contributed by atoms with Gasteiger partial charge in [0.05, 0.1) is 11.0 Å². The molecule has 28 heavy (non-hydrogen) atoms. The van der Waals surface area contributed by atoms with Crippen LogP contribution in [-0.2, 0) is 19.7 Å². The quantitative estimate of drug-likeness (QED) is 0.675. The number of piperidine rings is 1. The Kier molecular flexibility index (Phi) is 9.15. The molecule has 0 radical (unpaired) electrons. The van der Waals surface area contributed by atoms with Crippen molar-refractivity contribution >= 4 is 27.6 Å². The lowest BCUT2D eigenvalue weighted by Gasteiger charge is -2.31. The molecule has 7 nitrogen and oxygen atoms in total. The van der Waals surface area contributed by atoms with Crippen molar-refractivity contribution in [2.75, 3.05) is 19.6 Å². The van der Waals surface area contributed by atoms with E-state index in [-0.39, 0.29) is 11.0 Å². The Bertz CT molecular complexity index is 774. The number of carboxylic acid groups (broad SMARTS) is 1. The molecule has 1 unspecified atom stereocenters. The van der Waals surface area contributed by atoms with Gasteiger partial charge in [0.25, 0.3) is 10.0 Å². The number of nitrogens with zero attached hydrogens (tertiary/aromatic N) is 1. The second-order valence-electron chi connectivity index (χ2n) is 6.03. The Morgan fingerprint density at radius 1 is 1.43 bits per heavy atom. The highest BCUT2D eigenvalue weighted by molar-refractivity contribution is 7.89. The van der Waals surface area contributed by atoms with Crippen LogP contribution in [0.15, 0.2) is 23.1 Å². The van der Waals surface area contributed by atoms with E-state index in [1.54, 1.807) is 19.1 Å². The van der Waals surface area contributed by atoms with Gasteiger partial charge in [0.2, 0.25) is 0 Å². The predicted molar refractivity (Wildman–Crippen MR) is 96.4 cm³/mol. The minimum atomic E-state index is -5.08. The zero-order chi connectivity index (χ0) is 21.5. The number of alkyl halides is 3. The number of hydrogen-bond donors (Lipinski definition) is 2. The molecule has 1 heterocycles. The van der Waals surface area contributed by atoms with Crippen LogP contribution in [0.5, 0.6) is 0 Å². The molecule has 1 aromatic carbocycles. The fourth-order valence-electron chi connectivity index (χ4n) is 2.45. The summed E-state index contributed by atoms with van der Waals surface area (Å²) in [5.74, 6) is -2.76. The normalized spacial score (nSPS) is 18.3. The Morgan fingerprint density at radius 2 is 2.04 bits per heavy atom. The van der Waals surface area contributed by atoms with E-state index in [1.165, 1.54) is 6.07 Å². The van der Waals surface area contributed by atoms with Crippen molar-refractivity contribution in [3.8, 4) is 0 Å². The first-order chi connectivity index (χ1) is 12.9. The SMILES string of the molecule is CCN1CCCC(ONS(=O)(=O)c2cccc(Cl)c2C)C1.O=C(O)C(F)(F)F. The topological polar surface area (TPSA) is 95.9 Å². The van der Waals surface area contributed by atoms with Crippen molar-refractivity contribution in [1.82, 2.24) is 9.79 Å². The number of carbonyl (C=O) groups is 1. The van der Waals surface area contributed by atoms with Crippen LogP contribution >= 0.6 is 11.6 Å². The van der Waals surface area contributed by atoms with Crippen molar-refractivity contribution in [2.45, 2.75) is 43.9 Å². The Labute approximate surface area is 166 Å². The minimum absolute atomic E-state index is 0.118. The first-order valence-corrected chi connectivity index (χ1v) is 10.2. The van der Waals surface area contributed by atoms with E-state index >= 15 is 0 Å². The molecule has 0 amide bonds. The number of nitrogens with one attached hydrogen (secondary N) is 1. The molecule has 2 rings (SSSR count). The first kappa shape index (κ1) is 24.6. The van der Waals surface area contributed by atoms with Crippen LogP contribution in [0.4, 0.5) is 13.2 Å². The van der Waals surface area contributed by atoms with Crippen molar-refractivity contribution in [2.24, 2.45) is 0 Å². The number of benzene rings is 1. The maximum absolute atomic E-state index is 12.3. The highest BCUT2D eigenvalue weighted by Crippen LogP contribution is 2.23. The molecule has 2 N–H and O–H groups in total. The summed E-state index contributed by atoms with van der Waals surface area (Å²) in [6.45, 7) is 6.49. The van der Waals surface area contributed by atoms with Gasteiger partial charge in [0.1, 0.15) is 0 Å². The lowest BCUT2D eigenvalue weighted by molar-refractivity contribution is -0.192. The van der Waals surface area contributed by atoms with Crippen LogP contribution in [0.1, 0.15) is 25.3 Å². The second kappa shape index (κ2) is 10.4. The zero-order valence-electron chi connectivity index (χ0n) is 15.3. The summed E-state index contributed by atoms with van der Waals surface area (Å²) in [4.78, 5) is 18.9. The molecule has 1 fully saturated rings. The van der Waals surface area contributed by atoms with E-state index in [0.29, 0.717) is 10.6 Å². The smallest absolute Gasteiger partial charge is 0.475 e. The van der Waals surface area contributed by atoms with Crippen LogP contribution in [0.25, 0.3) is 0 Å². The molecular formula is C16H22ClF3N2O5S. The molecule has 0 saturated carbocycles. The van der Waals surface area contributed by atoms with Crippen molar-refractivity contribution < 1.29 is 36.3 Å². The van der Waals surface area contributed by atoms with Gasteiger partial charge >= 0.3 is 12.1 Å². The predicted octanol–water partition coefficient (Wildman–Crippen LogP) is 2.98. The number of hydrogen-bond acceptors (Lipinski definition) is 5. The van der Waals surface area contributed by atoms with Gasteiger partial charge in [0, 0.05) is 11.6 Å². The molecule has 0 aliphatic carbocycles. The average Bonchev–Trinajstić information content (AvgIpc) is 2.62. The van der Waals surface area contributed by atoms with Crippen molar-refractivity contribution in [3.63, 3.8) is 0 Å². The summed E-state index contributed by atoms with van der Waals surface area (Å²) < 4.78 is 56.3. The van der Waals surface area contributed by atoms with Gasteiger partial charge in [-0.1, -0.05) is 29.5 Å². The van der Waals surface area contributed by atoms with E-state index < -0.39 is 22.2 Å². The van der Waals surface area contributed by atoms with Crippen LogP contribution in [0.2, 0.25) is 5.02 Å². The van der Waals surface area contributed by atoms with Crippen LogP contribution < -0.4 is 4.89 Å². The monoisotopic (exact) mass is 446 g/mol. The van der Waals surface area contributed by atoms with Crippen LogP contribution in [0, 0.1) is 6.92 Å². The van der Waals surface area contributed by atoms with Gasteiger partial charge in [-0.2, -0.15) is 13.2 Å². The molecular weight excluding hydrogens is 425 g/mol. The van der Waals surface area contributed by atoms with Gasteiger partial charge in [-0.15, -0.1) is 0 Å². The number of likely N-dealkylation sites (N-methyl/N-ethyl adjacent to an activating group) is 1. The summed E-state index contributed by atoms with van der Waals surface area (Å²) in [6, 6.07) is 4.80. The van der Waals surface area contributed by atoms with Gasteiger partial charge in [0.15, 0.2) is 0 Å². The van der Waals surface area contributed by atoms with E-state index in [2.05, 4.69) is 16.7 Å².